The second kappa shape index (κ2) is 9.54. The number of nitrogens with zero attached hydrogens (tertiary/aromatic N) is 2. The number of nitrogens with one attached hydrogen (secondary N) is 1. The summed E-state index contributed by atoms with van der Waals surface area (Å²) >= 11 is 0. The number of benzene rings is 2. The number of carbonyl (C=O) groups excluding carboxylic acids is 1. The fourth-order valence-electron chi connectivity index (χ4n) is 3.12. The predicted octanol–water partition coefficient (Wildman–Crippen LogP) is 4.08. The second-order valence-electron chi connectivity index (χ2n) is 7.62. The summed E-state index contributed by atoms with van der Waals surface area (Å²) in [6.07, 6.45) is 1.19. The number of amides is 2. The molecule has 0 spiro atoms. The minimum Gasteiger partial charge on any atom is -0.494 e. The van der Waals surface area contributed by atoms with E-state index in [1.54, 1.807) is 14.1 Å². The van der Waals surface area contributed by atoms with Gasteiger partial charge in [0.15, 0.2) is 0 Å². The third-order valence-corrected chi connectivity index (χ3v) is 4.95. The molecule has 1 atom stereocenters. The Bertz CT molecular complexity index is 784. The van der Waals surface area contributed by atoms with Crippen molar-refractivity contribution in [3.63, 3.8) is 0 Å². The Kier molecular flexibility index (Phi) is 6.86. The summed E-state index contributed by atoms with van der Waals surface area (Å²) < 4.78 is 11.7. The van der Waals surface area contributed by atoms with E-state index in [1.165, 1.54) is 10.6 Å². The van der Waals surface area contributed by atoms with E-state index in [4.69, 9.17) is 9.47 Å². The molecule has 29 heavy (non-hydrogen) atoms. The van der Waals surface area contributed by atoms with Gasteiger partial charge in [-0.1, -0.05) is 19.1 Å². The van der Waals surface area contributed by atoms with Crippen LogP contribution < -0.4 is 19.7 Å². The molecule has 2 amide bonds. The Balaban J connectivity index is 1.46. The Morgan fingerprint density at radius 1 is 1.10 bits per heavy atom. The summed E-state index contributed by atoms with van der Waals surface area (Å²) in [4.78, 5) is 15.6. The molecule has 0 radical (unpaired) electrons. The van der Waals surface area contributed by atoms with Gasteiger partial charge in [-0.15, -0.1) is 0 Å². The lowest BCUT2D eigenvalue weighted by Gasteiger charge is -2.40. The van der Waals surface area contributed by atoms with E-state index in [0.717, 1.165) is 43.2 Å². The van der Waals surface area contributed by atoms with Crippen molar-refractivity contribution in [3.05, 3.63) is 54.1 Å². The van der Waals surface area contributed by atoms with Crippen LogP contribution in [0.25, 0.3) is 0 Å². The summed E-state index contributed by atoms with van der Waals surface area (Å²) in [5, 5.41) is 2.95. The minimum atomic E-state index is -0.0997. The van der Waals surface area contributed by atoms with Gasteiger partial charge in [-0.25, -0.2) is 4.79 Å². The zero-order valence-electron chi connectivity index (χ0n) is 17.7. The number of anilines is 1. The fraction of sp³-hybridized carbons (Fsp3) is 0.435. The van der Waals surface area contributed by atoms with E-state index < -0.39 is 0 Å². The van der Waals surface area contributed by atoms with Crippen LogP contribution in [-0.4, -0.2) is 50.8 Å². The zero-order chi connectivity index (χ0) is 20.8. The van der Waals surface area contributed by atoms with Crippen molar-refractivity contribution < 1.29 is 14.3 Å². The first-order chi connectivity index (χ1) is 14.0. The van der Waals surface area contributed by atoms with E-state index >= 15 is 0 Å². The van der Waals surface area contributed by atoms with Gasteiger partial charge in [0.1, 0.15) is 17.6 Å². The molecule has 0 unspecified atom stereocenters. The predicted molar refractivity (Wildman–Crippen MR) is 116 cm³/mol. The average Bonchev–Trinajstić information content (AvgIpc) is 2.69. The Hall–Kier alpha value is -2.89. The van der Waals surface area contributed by atoms with E-state index in [2.05, 4.69) is 29.3 Å². The monoisotopic (exact) mass is 397 g/mol. The van der Waals surface area contributed by atoms with Crippen LogP contribution in [0.15, 0.2) is 48.5 Å². The number of hydrogen-bond donors (Lipinski definition) is 1. The quantitative estimate of drug-likeness (QED) is 0.729. The molecule has 0 aliphatic carbocycles. The van der Waals surface area contributed by atoms with Crippen LogP contribution in [0.4, 0.5) is 10.5 Å². The molecule has 1 heterocycles. The number of urea groups is 1. The van der Waals surface area contributed by atoms with Gasteiger partial charge in [0.05, 0.1) is 25.7 Å². The molecule has 0 aromatic heterocycles. The van der Waals surface area contributed by atoms with Crippen molar-refractivity contribution in [3.8, 4) is 11.5 Å². The standard InChI is InChI=1S/C23H31N3O3/c1-5-14-28-20-12-8-19(9-13-20)26-15-22(16-26)29-21-10-6-18(7-11-21)17(2)24-23(27)25(3)4/h6-13,17,22H,5,14-16H2,1-4H3,(H,24,27)/t17-/m0/s1. The lowest BCUT2D eigenvalue weighted by atomic mass is 10.1. The molecular formula is C23H31N3O3. The Labute approximate surface area is 173 Å². The molecule has 2 aromatic rings. The van der Waals surface area contributed by atoms with Crippen molar-refractivity contribution in [2.24, 2.45) is 0 Å². The molecule has 0 saturated carbocycles. The molecule has 2 aromatic carbocycles. The summed E-state index contributed by atoms with van der Waals surface area (Å²) in [5.41, 5.74) is 2.24. The summed E-state index contributed by atoms with van der Waals surface area (Å²) in [6.45, 7) is 6.56. The zero-order valence-corrected chi connectivity index (χ0v) is 17.7. The first kappa shape index (κ1) is 20.8. The molecular weight excluding hydrogens is 366 g/mol. The number of carbonyl (C=O) groups is 1. The van der Waals surface area contributed by atoms with Crippen LogP contribution in [0.5, 0.6) is 11.5 Å². The molecule has 156 valence electrons. The fourth-order valence-corrected chi connectivity index (χ4v) is 3.12. The highest BCUT2D eigenvalue weighted by Crippen LogP contribution is 2.27. The van der Waals surface area contributed by atoms with Crippen LogP contribution in [0.2, 0.25) is 0 Å². The van der Waals surface area contributed by atoms with Gasteiger partial charge in [0.2, 0.25) is 0 Å². The maximum atomic E-state index is 11.8. The van der Waals surface area contributed by atoms with Gasteiger partial charge < -0.3 is 24.6 Å². The van der Waals surface area contributed by atoms with E-state index in [-0.39, 0.29) is 18.2 Å². The number of ether oxygens (including phenoxy) is 2. The average molecular weight is 398 g/mol. The second-order valence-corrected chi connectivity index (χ2v) is 7.62. The minimum absolute atomic E-state index is 0.0533. The SMILES string of the molecule is CCCOc1ccc(N2CC(Oc3ccc([C@H](C)NC(=O)N(C)C)cc3)C2)cc1. The largest absolute Gasteiger partial charge is 0.494 e. The first-order valence-electron chi connectivity index (χ1n) is 10.2. The van der Waals surface area contributed by atoms with Gasteiger partial charge in [0, 0.05) is 19.8 Å². The van der Waals surface area contributed by atoms with Crippen LogP contribution in [0.3, 0.4) is 0 Å². The smallest absolute Gasteiger partial charge is 0.317 e. The van der Waals surface area contributed by atoms with Gasteiger partial charge in [-0.05, 0) is 55.3 Å². The first-order valence-corrected chi connectivity index (χ1v) is 10.2. The maximum Gasteiger partial charge on any atom is 0.317 e. The van der Waals surface area contributed by atoms with Crippen molar-refractivity contribution >= 4 is 11.7 Å². The van der Waals surface area contributed by atoms with Gasteiger partial charge in [-0.3, -0.25) is 0 Å². The molecule has 1 fully saturated rings. The molecule has 6 heteroatoms. The van der Waals surface area contributed by atoms with Crippen molar-refractivity contribution in [1.29, 1.82) is 0 Å². The third-order valence-electron chi connectivity index (χ3n) is 4.95. The van der Waals surface area contributed by atoms with Crippen LogP contribution >= 0.6 is 0 Å². The molecule has 0 bridgehead atoms. The van der Waals surface area contributed by atoms with Crippen molar-refractivity contribution in [2.45, 2.75) is 32.4 Å². The summed E-state index contributed by atoms with van der Waals surface area (Å²) in [6, 6.07) is 16.0. The number of rotatable bonds is 8. The lowest BCUT2D eigenvalue weighted by Crippen LogP contribution is -2.54. The van der Waals surface area contributed by atoms with Gasteiger partial charge in [0.25, 0.3) is 0 Å². The Morgan fingerprint density at radius 3 is 2.31 bits per heavy atom. The van der Waals surface area contributed by atoms with Gasteiger partial charge >= 0.3 is 6.03 Å². The molecule has 1 saturated heterocycles. The van der Waals surface area contributed by atoms with Gasteiger partial charge in [-0.2, -0.15) is 0 Å². The van der Waals surface area contributed by atoms with Crippen LogP contribution in [-0.2, 0) is 0 Å². The summed E-state index contributed by atoms with van der Waals surface area (Å²) in [5.74, 6) is 1.77. The normalized spacial score (nSPS) is 14.7. The van der Waals surface area contributed by atoms with Crippen molar-refractivity contribution in [2.75, 3.05) is 38.7 Å². The van der Waals surface area contributed by atoms with Crippen LogP contribution in [0.1, 0.15) is 31.9 Å². The number of hydrogen-bond acceptors (Lipinski definition) is 4. The molecule has 1 aliphatic heterocycles. The molecule has 1 N–H and O–H groups in total. The Morgan fingerprint density at radius 2 is 1.72 bits per heavy atom. The lowest BCUT2D eigenvalue weighted by molar-refractivity contribution is 0.167. The maximum absolute atomic E-state index is 11.8. The van der Waals surface area contributed by atoms with E-state index in [9.17, 15) is 4.79 Å². The highest BCUT2D eigenvalue weighted by molar-refractivity contribution is 5.74. The molecule has 6 nitrogen and oxygen atoms in total. The van der Waals surface area contributed by atoms with E-state index in [1.807, 2.05) is 43.3 Å². The molecule has 3 rings (SSSR count). The topological polar surface area (TPSA) is 54.0 Å². The highest BCUT2D eigenvalue weighted by Gasteiger charge is 2.28. The highest BCUT2D eigenvalue weighted by atomic mass is 16.5. The van der Waals surface area contributed by atoms with E-state index in [0.29, 0.717) is 0 Å². The van der Waals surface area contributed by atoms with Crippen molar-refractivity contribution in [1.82, 2.24) is 10.2 Å². The molecule has 1 aliphatic rings. The van der Waals surface area contributed by atoms with Crippen LogP contribution in [0, 0.1) is 0 Å². The third kappa shape index (κ3) is 5.56. The summed E-state index contributed by atoms with van der Waals surface area (Å²) in [7, 11) is 3.46.